The summed E-state index contributed by atoms with van der Waals surface area (Å²) in [6.07, 6.45) is 0.949. The van der Waals surface area contributed by atoms with E-state index < -0.39 is 0 Å². The van der Waals surface area contributed by atoms with Crippen LogP contribution < -0.4 is 24.4 Å². The van der Waals surface area contributed by atoms with Gasteiger partial charge in [-0.2, -0.15) is 0 Å². The number of carbonyl (C=O) groups is 2. The van der Waals surface area contributed by atoms with Crippen LogP contribution in [0.1, 0.15) is 18.9 Å². The van der Waals surface area contributed by atoms with Gasteiger partial charge >= 0.3 is 0 Å². The standard InChI is InChI=1S/C22H26N2O5/c1-16(25)24(18-5-8-20-21(15-18)29-14-13-28-20)12-10-22(26)23-11-9-17-3-6-19(27-2)7-4-17/h3-8,15H,9-14H2,1-2H3,(H,23,26). The van der Waals surface area contributed by atoms with E-state index >= 15 is 0 Å². The van der Waals surface area contributed by atoms with E-state index in [9.17, 15) is 9.59 Å². The van der Waals surface area contributed by atoms with Crippen LogP contribution in [0.3, 0.4) is 0 Å². The van der Waals surface area contributed by atoms with E-state index in [1.54, 1.807) is 30.2 Å². The molecule has 2 aromatic rings. The van der Waals surface area contributed by atoms with Gasteiger partial charge in [0.2, 0.25) is 11.8 Å². The summed E-state index contributed by atoms with van der Waals surface area (Å²) < 4.78 is 16.2. The maximum atomic E-state index is 12.2. The molecule has 0 atom stereocenters. The van der Waals surface area contributed by atoms with Gasteiger partial charge in [-0.25, -0.2) is 0 Å². The smallest absolute Gasteiger partial charge is 0.223 e. The lowest BCUT2D eigenvalue weighted by Gasteiger charge is -2.24. The maximum Gasteiger partial charge on any atom is 0.223 e. The second kappa shape index (κ2) is 9.82. The normalized spacial score (nSPS) is 12.2. The number of amides is 2. The van der Waals surface area contributed by atoms with E-state index in [1.165, 1.54) is 6.92 Å². The lowest BCUT2D eigenvalue weighted by Crippen LogP contribution is -2.34. The van der Waals surface area contributed by atoms with E-state index in [0.717, 1.165) is 17.7 Å². The van der Waals surface area contributed by atoms with Crippen molar-refractivity contribution in [1.29, 1.82) is 0 Å². The number of hydrogen-bond acceptors (Lipinski definition) is 5. The van der Waals surface area contributed by atoms with Crippen LogP contribution in [0.25, 0.3) is 0 Å². The van der Waals surface area contributed by atoms with Crippen molar-refractivity contribution in [2.45, 2.75) is 19.8 Å². The van der Waals surface area contributed by atoms with Crippen LogP contribution in [0.15, 0.2) is 42.5 Å². The first kappa shape index (κ1) is 20.5. The Morgan fingerprint density at radius 1 is 1.07 bits per heavy atom. The number of nitrogens with zero attached hydrogens (tertiary/aromatic N) is 1. The van der Waals surface area contributed by atoms with Crippen molar-refractivity contribution in [1.82, 2.24) is 5.32 Å². The fourth-order valence-electron chi connectivity index (χ4n) is 3.11. The van der Waals surface area contributed by atoms with E-state index in [0.29, 0.717) is 43.5 Å². The molecule has 2 aromatic carbocycles. The predicted molar refractivity (Wildman–Crippen MR) is 110 cm³/mol. The highest BCUT2D eigenvalue weighted by atomic mass is 16.6. The van der Waals surface area contributed by atoms with E-state index in [-0.39, 0.29) is 18.2 Å². The molecule has 0 radical (unpaired) electrons. The van der Waals surface area contributed by atoms with Crippen LogP contribution in [-0.4, -0.2) is 45.2 Å². The lowest BCUT2D eigenvalue weighted by atomic mass is 10.1. The monoisotopic (exact) mass is 398 g/mol. The fourth-order valence-corrected chi connectivity index (χ4v) is 3.11. The van der Waals surface area contributed by atoms with Crippen LogP contribution in [0.2, 0.25) is 0 Å². The lowest BCUT2D eigenvalue weighted by molar-refractivity contribution is -0.121. The molecule has 0 aromatic heterocycles. The minimum atomic E-state index is -0.132. The third kappa shape index (κ3) is 5.63. The molecule has 2 amide bonds. The summed E-state index contributed by atoms with van der Waals surface area (Å²) in [5, 5.41) is 2.90. The molecule has 0 aliphatic carbocycles. The molecule has 0 saturated heterocycles. The summed E-state index contributed by atoms with van der Waals surface area (Å²) in [5.41, 5.74) is 1.81. The van der Waals surface area contributed by atoms with E-state index in [2.05, 4.69) is 5.32 Å². The largest absolute Gasteiger partial charge is 0.497 e. The molecule has 3 rings (SSSR count). The molecule has 0 saturated carbocycles. The van der Waals surface area contributed by atoms with Crippen molar-refractivity contribution in [3.8, 4) is 17.2 Å². The number of anilines is 1. The Bertz CT molecular complexity index is 851. The summed E-state index contributed by atoms with van der Waals surface area (Å²) in [5.74, 6) is 1.86. The molecule has 29 heavy (non-hydrogen) atoms. The average Bonchev–Trinajstić information content (AvgIpc) is 2.74. The number of methoxy groups -OCH3 is 1. The maximum absolute atomic E-state index is 12.2. The molecule has 1 aliphatic rings. The Balaban J connectivity index is 1.49. The SMILES string of the molecule is COc1ccc(CCNC(=O)CCN(C(C)=O)c2ccc3c(c2)OCCO3)cc1. The average molecular weight is 398 g/mol. The van der Waals surface area contributed by atoms with Crippen molar-refractivity contribution < 1.29 is 23.8 Å². The zero-order chi connectivity index (χ0) is 20.6. The summed E-state index contributed by atoms with van der Waals surface area (Å²) in [6.45, 7) is 3.31. The second-order valence-corrected chi connectivity index (χ2v) is 6.70. The minimum absolute atomic E-state index is 0.0951. The van der Waals surface area contributed by atoms with Gasteiger partial charge in [-0.1, -0.05) is 12.1 Å². The highest BCUT2D eigenvalue weighted by Crippen LogP contribution is 2.34. The van der Waals surface area contributed by atoms with Crippen LogP contribution in [-0.2, 0) is 16.0 Å². The molecule has 0 fully saturated rings. The van der Waals surface area contributed by atoms with Crippen LogP contribution in [0.5, 0.6) is 17.2 Å². The fraction of sp³-hybridized carbons (Fsp3) is 0.364. The first-order valence-electron chi connectivity index (χ1n) is 9.64. The topological polar surface area (TPSA) is 77.1 Å². The zero-order valence-electron chi connectivity index (χ0n) is 16.8. The predicted octanol–water partition coefficient (Wildman–Crippen LogP) is 2.57. The summed E-state index contributed by atoms with van der Waals surface area (Å²) in [7, 11) is 1.63. The molecular formula is C22H26N2O5. The van der Waals surface area contributed by atoms with E-state index in [4.69, 9.17) is 14.2 Å². The minimum Gasteiger partial charge on any atom is -0.497 e. The summed E-state index contributed by atoms with van der Waals surface area (Å²) in [6, 6.07) is 13.1. The van der Waals surface area contributed by atoms with Crippen molar-refractivity contribution in [3.63, 3.8) is 0 Å². The van der Waals surface area contributed by atoms with Crippen molar-refractivity contribution in [3.05, 3.63) is 48.0 Å². The van der Waals surface area contributed by atoms with Gasteiger partial charge in [-0.15, -0.1) is 0 Å². The Labute approximate surface area is 170 Å². The van der Waals surface area contributed by atoms with Gasteiger partial charge in [-0.05, 0) is 36.2 Å². The number of ether oxygens (including phenoxy) is 3. The highest BCUT2D eigenvalue weighted by Gasteiger charge is 2.18. The van der Waals surface area contributed by atoms with Gasteiger partial charge < -0.3 is 24.4 Å². The van der Waals surface area contributed by atoms with E-state index in [1.807, 2.05) is 24.3 Å². The van der Waals surface area contributed by atoms with Crippen LogP contribution in [0, 0.1) is 0 Å². The molecule has 1 N–H and O–H groups in total. The number of carbonyl (C=O) groups excluding carboxylic acids is 2. The van der Waals surface area contributed by atoms with Gasteiger partial charge in [0.05, 0.1) is 7.11 Å². The van der Waals surface area contributed by atoms with Gasteiger partial charge in [0.25, 0.3) is 0 Å². The number of nitrogens with one attached hydrogen (secondary N) is 1. The molecular weight excluding hydrogens is 372 g/mol. The Morgan fingerprint density at radius 3 is 2.48 bits per heavy atom. The Kier molecular flexibility index (Phi) is 6.94. The third-order valence-electron chi connectivity index (χ3n) is 4.67. The first-order chi connectivity index (χ1) is 14.1. The molecule has 0 bridgehead atoms. The number of hydrogen-bond donors (Lipinski definition) is 1. The van der Waals surface area contributed by atoms with Gasteiger partial charge in [0.1, 0.15) is 19.0 Å². The van der Waals surface area contributed by atoms with Crippen molar-refractivity contribution >= 4 is 17.5 Å². The molecule has 154 valence electrons. The molecule has 7 nitrogen and oxygen atoms in total. The second-order valence-electron chi connectivity index (χ2n) is 6.70. The Morgan fingerprint density at radius 2 is 1.79 bits per heavy atom. The van der Waals surface area contributed by atoms with Gasteiger partial charge in [0.15, 0.2) is 11.5 Å². The van der Waals surface area contributed by atoms with Crippen LogP contribution in [0.4, 0.5) is 5.69 Å². The summed E-state index contributed by atoms with van der Waals surface area (Å²) in [4.78, 5) is 25.9. The van der Waals surface area contributed by atoms with Crippen LogP contribution >= 0.6 is 0 Å². The molecule has 7 heteroatoms. The molecule has 0 spiro atoms. The highest BCUT2D eigenvalue weighted by molar-refractivity contribution is 5.92. The molecule has 1 aliphatic heterocycles. The van der Waals surface area contributed by atoms with Gasteiger partial charge in [-0.3, -0.25) is 9.59 Å². The van der Waals surface area contributed by atoms with Crippen molar-refractivity contribution in [2.24, 2.45) is 0 Å². The Hall–Kier alpha value is -3.22. The first-order valence-corrected chi connectivity index (χ1v) is 9.64. The summed E-state index contributed by atoms with van der Waals surface area (Å²) >= 11 is 0. The molecule has 1 heterocycles. The number of benzene rings is 2. The zero-order valence-corrected chi connectivity index (χ0v) is 16.8. The van der Waals surface area contributed by atoms with Gasteiger partial charge in [0, 0.05) is 38.2 Å². The van der Waals surface area contributed by atoms with Crippen molar-refractivity contribution in [2.75, 3.05) is 38.3 Å². The molecule has 0 unspecified atom stereocenters. The quantitative estimate of drug-likeness (QED) is 0.740. The third-order valence-corrected chi connectivity index (χ3v) is 4.67. The number of rotatable bonds is 8. The number of fused-ring (bicyclic) bond motifs is 1.